The van der Waals surface area contributed by atoms with Gasteiger partial charge < -0.3 is 14.6 Å². The molecule has 148 valence electrons. The van der Waals surface area contributed by atoms with Crippen LogP contribution in [-0.2, 0) is 22.4 Å². The van der Waals surface area contributed by atoms with Gasteiger partial charge in [0.1, 0.15) is 0 Å². The number of ketones is 1. The molecule has 0 spiro atoms. The molecule has 1 aliphatic heterocycles. The zero-order valence-corrected chi connectivity index (χ0v) is 16.6. The average Bonchev–Trinajstić information content (AvgIpc) is 3.26. The van der Waals surface area contributed by atoms with Crippen molar-refractivity contribution in [1.29, 1.82) is 0 Å². The highest BCUT2D eigenvalue weighted by Gasteiger charge is 2.31. The summed E-state index contributed by atoms with van der Waals surface area (Å²) in [4.78, 5) is 42.0. The fraction of sp³-hybridized carbons (Fsp3) is 0.409. The molecule has 0 bridgehead atoms. The highest BCUT2D eigenvalue weighted by Crippen LogP contribution is 2.25. The number of rotatable bonds is 6. The van der Waals surface area contributed by atoms with E-state index in [1.807, 2.05) is 23.1 Å². The third kappa shape index (κ3) is 4.01. The number of ether oxygens (including phenoxy) is 1. The molecule has 1 aromatic heterocycles. The molecular weight excluding hydrogens is 356 g/mol. The summed E-state index contributed by atoms with van der Waals surface area (Å²) in [5.41, 5.74) is 2.83. The van der Waals surface area contributed by atoms with Gasteiger partial charge in [0.2, 0.25) is 5.91 Å². The number of H-pyrrole nitrogens is 1. The lowest BCUT2D eigenvalue weighted by Gasteiger charge is -2.25. The van der Waals surface area contributed by atoms with Crippen LogP contribution in [0.2, 0.25) is 0 Å². The zero-order valence-electron chi connectivity index (χ0n) is 16.6. The van der Waals surface area contributed by atoms with Crippen molar-refractivity contribution < 1.29 is 19.1 Å². The summed E-state index contributed by atoms with van der Waals surface area (Å²) in [7, 11) is 1.30. The number of aromatic amines is 1. The molecule has 1 unspecified atom stereocenters. The number of hydrogen-bond acceptors (Lipinski definition) is 4. The van der Waals surface area contributed by atoms with Crippen molar-refractivity contribution in [3.8, 4) is 0 Å². The molecule has 1 atom stereocenters. The molecule has 6 nitrogen and oxygen atoms in total. The van der Waals surface area contributed by atoms with E-state index in [1.54, 1.807) is 6.92 Å². The Kier molecular flexibility index (Phi) is 5.97. The predicted molar refractivity (Wildman–Crippen MR) is 105 cm³/mol. The molecule has 6 heteroatoms. The topological polar surface area (TPSA) is 79.5 Å². The van der Waals surface area contributed by atoms with Gasteiger partial charge in [-0.1, -0.05) is 30.3 Å². The maximum atomic E-state index is 13.0. The lowest BCUT2D eigenvalue weighted by atomic mass is 10.0. The summed E-state index contributed by atoms with van der Waals surface area (Å²) < 4.78 is 4.86. The molecule has 2 aromatic rings. The van der Waals surface area contributed by atoms with Gasteiger partial charge in [0, 0.05) is 25.2 Å². The van der Waals surface area contributed by atoms with Crippen molar-refractivity contribution in [2.75, 3.05) is 13.7 Å². The van der Waals surface area contributed by atoms with Gasteiger partial charge in [-0.2, -0.15) is 0 Å². The Morgan fingerprint density at radius 3 is 2.57 bits per heavy atom. The molecule has 0 saturated carbocycles. The van der Waals surface area contributed by atoms with Gasteiger partial charge in [-0.25, -0.2) is 4.79 Å². The first kappa shape index (κ1) is 19.9. The van der Waals surface area contributed by atoms with E-state index in [0.29, 0.717) is 29.1 Å². The Hall–Kier alpha value is -2.89. The van der Waals surface area contributed by atoms with Gasteiger partial charge in [-0.3, -0.25) is 9.59 Å². The number of benzene rings is 1. The highest BCUT2D eigenvalue weighted by molar-refractivity contribution is 6.01. The average molecular weight is 382 g/mol. The summed E-state index contributed by atoms with van der Waals surface area (Å²) >= 11 is 0. The van der Waals surface area contributed by atoms with Crippen LogP contribution in [0.25, 0.3) is 0 Å². The molecule has 2 heterocycles. The minimum absolute atomic E-state index is 0.0417. The van der Waals surface area contributed by atoms with Crippen LogP contribution in [0.15, 0.2) is 30.3 Å². The smallest absolute Gasteiger partial charge is 0.339 e. The van der Waals surface area contributed by atoms with E-state index >= 15 is 0 Å². The van der Waals surface area contributed by atoms with E-state index in [-0.39, 0.29) is 24.2 Å². The minimum Gasteiger partial charge on any atom is -0.465 e. The summed E-state index contributed by atoms with van der Waals surface area (Å²) in [6.07, 6.45) is 2.80. The van der Waals surface area contributed by atoms with Crippen LogP contribution in [0.5, 0.6) is 0 Å². The summed E-state index contributed by atoms with van der Waals surface area (Å²) in [5, 5.41) is 0. The van der Waals surface area contributed by atoms with Crippen LogP contribution in [0.4, 0.5) is 0 Å². The number of esters is 1. The number of carbonyl (C=O) groups is 3. The first-order chi connectivity index (χ1) is 13.4. The van der Waals surface area contributed by atoms with Gasteiger partial charge in [-0.15, -0.1) is 0 Å². The Balaban J connectivity index is 1.81. The largest absolute Gasteiger partial charge is 0.465 e. The second kappa shape index (κ2) is 8.42. The third-order valence-corrected chi connectivity index (χ3v) is 5.41. The predicted octanol–water partition coefficient (Wildman–Crippen LogP) is 3.09. The first-order valence-electron chi connectivity index (χ1n) is 9.56. The van der Waals surface area contributed by atoms with Crippen molar-refractivity contribution in [3.05, 3.63) is 58.4 Å². The van der Waals surface area contributed by atoms with Crippen molar-refractivity contribution in [1.82, 2.24) is 9.88 Å². The fourth-order valence-corrected chi connectivity index (χ4v) is 4.04. The zero-order chi connectivity index (χ0) is 20.3. The fourth-order valence-electron chi connectivity index (χ4n) is 4.04. The molecule has 1 amide bonds. The maximum absolute atomic E-state index is 13.0. The van der Waals surface area contributed by atoms with Crippen LogP contribution in [0, 0.1) is 6.92 Å². The second-order valence-corrected chi connectivity index (χ2v) is 7.28. The van der Waals surface area contributed by atoms with Gasteiger partial charge in [0.05, 0.1) is 24.8 Å². The Morgan fingerprint density at radius 2 is 1.93 bits per heavy atom. The van der Waals surface area contributed by atoms with Crippen LogP contribution in [0.1, 0.15) is 57.4 Å². The van der Waals surface area contributed by atoms with E-state index in [9.17, 15) is 14.4 Å². The van der Waals surface area contributed by atoms with Gasteiger partial charge in [0.25, 0.3) is 0 Å². The van der Waals surface area contributed by atoms with E-state index < -0.39 is 5.97 Å². The van der Waals surface area contributed by atoms with E-state index in [2.05, 4.69) is 17.1 Å². The molecule has 1 saturated heterocycles. The number of methoxy groups -OCH3 is 1. The normalized spacial score (nSPS) is 16.2. The molecule has 28 heavy (non-hydrogen) atoms. The molecule has 1 N–H and O–H groups in total. The molecule has 1 aromatic carbocycles. The number of nitrogens with one attached hydrogen (secondary N) is 1. The molecule has 1 aliphatic rings. The lowest BCUT2D eigenvalue weighted by Crippen LogP contribution is -2.38. The van der Waals surface area contributed by atoms with Gasteiger partial charge >= 0.3 is 5.97 Å². The summed E-state index contributed by atoms with van der Waals surface area (Å²) in [5.74, 6) is -0.754. The van der Waals surface area contributed by atoms with Crippen LogP contribution in [-0.4, -0.2) is 47.2 Å². The van der Waals surface area contributed by atoms with Crippen LogP contribution in [0.3, 0.4) is 0 Å². The van der Waals surface area contributed by atoms with Crippen molar-refractivity contribution in [3.63, 3.8) is 0 Å². The lowest BCUT2D eigenvalue weighted by molar-refractivity contribution is -0.131. The highest BCUT2D eigenvalue weighted by atomic mass is 16.5. The van der Waals surface area contributed by atoms with Crippen LogP contribution >= 0.6 is 0 Å². The minimum atomic E-state index is -0.536. The molecule has 0 aliphatic carbocycles. The molecule has 1 fully saturated rings. The van der Waals surface area contributed by atoms with E-state index in [4.69, 9.17) is 4.74 Å². The monoisotopic (exact) mass is 382 g/mol. The Morgan fingerprint density at radius 1 is 1.21 bits per heavy atom. The maximum Gasteiger partial charge on any atom is 0.339 e. The quantitative estimate of drug-likeness (QED) is 0.615. The van der Waals surface area contributed by atoms with E-state index in [1.165, 1.54) is 19.6 Å². The van der Waals surface area contributed by atoms with E-state index in [0.717, 1.165) is 19.3 Å². The van der Waals surface area contributed by atoms with Crippen molar-refractivity contribution in [2.45, 2.75) is 45.6 Å². The SMILES string of the molecule is COC(=O)c1c(CC(=O)N2CCCC2Cc2ccccc2)[nH]c(C(C)=O)c1C. The summed E-state index contributed by atoms with van der Waals surface area (Å²) in [6.45, 7) is 3.84. The summed E-state index contributed by atoms with van der Waals surface area (Å²) in [6, 6.07) is 10.3. The number of hydrogen-bond donors (Lipinski definition) is 1. The molecule has 3 rings (SSSR count). The third-order valence-electron chi connectivity index (χ3n) is 5.41. The number of amides is 1. The van der Waals surface area contributed by atoms with Gasteiger partial charge in [-0.05, 0) is 37.3 Å². The Bertz CT molecular complexity index is 885. The van der Waals surface area contributed by atoms with Crippen molar-refractivity contribution in [2.24, 2.45) is 0 Å². The Labute approximate surface area is 164 Å². The van der Waals surface area contributed by atoms with Gasteiger partial charge in [0.15, 0.2) is 5.78 Å². The molecule has 0 radical (unpaired) electrons. The number of likely N-dealkylation sites (tertiary alicyclic amines) is 1. The standard InChI is InChI=1S/C22H26N2O4/c1-14-20(22(27)28-3)18(23-21(14)15(2)25)13-19(26)24-11-7-10-17(24)12-16-8-5-4-6-9-16/h4-6,8-9,17,23H,7,10-13H2,1-3H3. The number of aromatic nitrogens is 1. The second-order valence-electron chi connectivity index (χ2n) is 7.28. The van der Waals surface area contributed by atoms with Crippen LogP contribution < -0.4 is 0 Å². The molecular formula is C22H26N2O4. The van der Waals surface area contributed by atoms with Crippen molar-refractivity contribution >= 4 is 17.7 Å². The number of nitrogens with zero attached hydrogens (tertiary/aromatic N) is 1. The first-order valence-corrected chi connectivity index (χ1v) is 9.56. The number of Topliss-reactive ketones (excluding diaryl/α,β-unsaturated/α-hetero) is 1. The number of carbonyl (C=O) groups excluding carboxylic acids is 3.